The van der Waals surface area contributed by atoms with Crippen LogP contribution in [-0.4, -0.2) is 42.0 Å². The number of hydrogen-bond donors (Lipinski definition) is 1. The van der Waals surface area contributed by atoms with E-state index in [0.29, 0.717) is 19.1 Å². The zero-order valence-corrected chi connectivity index (χ0v) is 11.0. The van der Waals surface area contributed by atoms with E-state index in [4.69, 9.17) is 14.4 Å². The normalized spacial score (nSPS) is 21.3. The van der Waals surface area contributed by atoms with Crippen LogP contribution < -0.4 is 0 Å². The molecule has 102 valence electrons. The number of aliphatic hydroxyl groups excluding tert-OH is 1. The molecule has 0 aromatic carbocycles. The highest BCUT2D eigenvalue weighted by molar-refractivity contribution is 5.04. The van der Waals surface area contributed by atoms with E-state index in [9.17, 15) is 0 Å². The lowest BCUT2D eigenvalue weighted by molar-refractivity contribution is 0.139. The maximum atomic E-state index is 9.00. The fourth-order valence-corrected chi connectivity index (χ4v) is 2.58. The van der Waals surface area contributed by atoms with Gasteiger partial charge in [0.05, 0.1) is 5.69 Å². The quantitative estimate of drug-likeness (QED) is 0.832. The first-order chi connectivity index (χ1) is 8.81. The van der Waals surface area contributed by atoms with Crippen molar-refractivity contribution in [2.45, 2.75) is 32.4 Å². The van der Waals surface area contributed by atoms with Crippen molar-refractivity contribution in [1.29, 1.82) is 0 Å². The highest BCUT2D eigenvalue weighted by Gasteiger charge is 2.20. The van der Waals surface area contributed by atoms with Gasteiger partial charge in [0.2, 0.25) is 0 Å². The third kappa shape index (κ3) is 3.80. The summed E-state index contributed by atoms with van der Waals surface area (Å²) in [7, 11) is 1.65. The molecule has 1 saturated heterocycles. The third-order valence-corrected chi connectivity index (χ3v) is 3.42. The molecule has 1 aliphatic rings. The Balaban J connectivity index is 1.84. The molecule has 0 saturated carbocycles. The van der Waals surface area contributed by atoms with Crippen molar-refractivity contribution >= 4 is 0 Å². The lowest BCUT2D eigenvalue weighted by atomic mass is 9.95. The summed E-state index contributed by atoms with van der Waals surface area (Å²) < 4.78 is 10.2. The number of rotatable bonds is 6. The minimum Gasteiger partial charge on any atom is -0.396 e. The van der Waals surface area contributed by atoms with Gasteiger partial charge in [-0.3, -0.25) is 4.90 Å². The molecule has 5 nitrogen and oxygen atoms in total. The van der Waals surface area contributed by atoms with Gasteiger partial charge in [-0.25, -0.2) is 0 Å². The average molecular weight is 254 g/mol. The number of piperidine rings is 1. The summed E-state index contributed by atoms with van der Waals surface area (Å²) in [5, 5.41) is 13.1. The Morgan fingerprint density at radius 2 is 2.50 bits per heavy atom. The number of likely N-dealkylation sites (tertiary alicyclic amines) is 1. The minimum absolute atomic E-state index is 0.292. The molecule has 1 atom stereocenters. The van der Waals surface area contributed by atoms with Crippen LogP contribution in [0.5, 0.6) is 0 Å². The Morgan fingerprint density at radius 3 is 3.28 bits per heavy atom. The maximum absolute atomic E-state index is 9.00. The van der Waals surface area contributed by atoms with Crippen LogP contribution in [0.1, 0.15) is 30.7 Å². The summed E-state index contributed by atoms with van der Waals surface area (Å²) >= 11 is 0. The average Bonchev–Trinajstić information content (AvgIpc) is 2.78. The van der Waals surface area contributed by atoms with Crippen molar-refractivity contribution in [2.75, 3.05) is 26.8 Å². The van der Waals surface area contributed by atoms with Gasteiger partial charge in [-0.1, -0.05) is 5.16 Å². The van der Waals surface area contributed by atoms with Crippen LogP contribution in [0, 0.1) is 5.92 Å². The first kappa shape index (κ1) is 13.5. The van der Waals surface area contributed by atoms with Gasteiger partial charge in [0.15, 0.2) is 5.76 Å². The number of methoxy groups -OCH3 is 1. The monoisotopic (exact) mass is 254 g/mol. The molecule has 0 aliphatic carbocycles. The summed E-state index contributed by atoms with van der Waals surface area (Å²) in [5.41, 5.74) is 0.965. The molecule has 1 fully saturated rings. The van der Waals surface area contributed by atoms with Crippen molar-refractivity contribution in [3.05, 3.63) is 17.5 Å². The second kappa shape index (κ2) is 6.87. The van der Waals surface area contributed by atoms with E-state index >= 15 is 0 Å². The highest BCUT2D eigenvalue weighted by Crippen LogP contribution is 2.20. The summed E-state index contributed by atoms with van der Waals surface area (Å²) in [4.78, 5) is 2.39. The van der Waals surface area contributed by atoms with Crippen LogP contribution in [0.15, 0.2) is 10.6 Å². The number of ether oxygens (including phenoxy) is 1. The SMILES string of the molecule is COCc1cc(CN2CCCC(CCO)C2)no1. The summed E-state index contributed by atoms with van der Waals surface area (Å²) in [5.74, 6) is 1.39. The number of aliphatic hydroxyl groups is 1. The van der Waals surface area contributed by atoms with Crippen molar-refractivity contribution in [3.8, 4) is 0 Å². The predicted molar refractivity (Wildman–Crippen MR) is 66.9 cm³/mol. The van der Waals surface area contributed by atoms with Crippen LogP contribution in [0.3, 0.4) is 0 Å². The zero-order valence-electron chi connectivity index (χ0n) is 11.0. The maximum Gasteiger partial charge on any atom is 0.162 e. The predicted octanol–water partition coefficient (Wildman–Crippen LogP) is 1.42. The Morgan fingerprint density at radius 1 is 1.61 bits per heavy atom. The largest absolute Gasteiger partial charge is 0.396 e. The van der Waals surface area contributed by atoms with Gasteiger partial charge >= 0.3 is 0 Å². The van der Waals surface area contributed by atoms with E-state index < -0.39 is 0 Å². The van der Waals surface area contributed by atoms with Crippen LogP contribution in [0.2, 0.25) is 0 Å². The Hall–Kier alpha value is -0.910. The topological polar surface area (TPSA) is 58.7 Å². The summed E-state index contributed by atoms with van der Waals surface area (Å²) in [6.07, 6.45) is 3.34. The first-order valence-corrected chi connectivity index (χ1v) is 6.58. The van der Waals surface area contributed by atoms with Crippen molar-refractivity contribution in [1.82, 2.24) is 10.1 Å². The van der Waals surface area contributed by atoms with E-state index in [2.05, 4.69) is 10.1 Å². The van der Waals surface area contributed by atoms with E-state index in [1.807, 2.05) is 6.07 Å². The summed E-state index contributed by atoms with van der Waals surface area (Å²) in [6.45, 7) is 3.75. The Bertz CT molecular complexity index is 352. The van der Waals surface area contributed by atoms with Crippen LogP contribution in [0.4, 0.5) is 0 Å². The van der Waals surface area contributed by atoms with Crippen LogP contribution in [0.25, 0.3) is 0 Å². The molecule has 0 spiro atoms. The van der Waals surface area contributed by atoms with E-state index in [1.165, 1.54) is 12.8 Å². The van der Waals surface area contributed by atoms with Gasteiger partial charge in [0.1, 0.15) is 6.61 Å². The Kier molecular flexibility index (Phi) is 5.16. The fraction of sp³-hybridized carbons (Fsp3) is 0.769. The van der Waals surface area contributed by atoms with Crippen LogP contribution >= 0.6 is 0 Å². The first-order valence-electron chi connectivity index (χ1n) is 6.58. The lowest BCUT2D eigenvalue weighted by Crippen LogP contribution is -2.35. The molecule has 2 heterocycles. The van der Waals surface area contributed by atoms with Gasteiger partial charge in [-0.05, 0) is 31.7 Å². The van der Waals surface area contributed by atoms with E-state index in [1.54, 1.807) is 7.11 Å². The van der Waals surface area contributed by atoms with Gasteiger partial charge in [-0.2, -0.15) is 0 Å². The van der Waals surface area contributed by atoms with Gasteiger partial charge in [0.25, 0.3) is 0 Å². The van der Waals surface area contributed by atoms with Crippen molar-refractivity contribution in [3.63, 3.8) is 0 Å². The van der Waals surface area contributed by atoms with Crippen LogP contribution in [-0.2, 0) is 17.9 Å². The molecule has 0 bridgehead atoms. The van der Waals surface area contributed by atoms with Gasteiger partial charge in [0, 0.05) is 32.9 Å². The second-order valence-corrected chi connectivity index (χ2v) is 4.97. The smallest absolute Gasteiger partial charge is 0.162 e. The third-order valence-electron chi connectivity index (χ3n) is 3.42. The molecular weight excluding hydrogens is 232 g/mol. The number of aromatic nitrogens is 1. The molecule has 1 N–H and O–H groups in total. The molecule has 1 aliphatic heterocycles. The minimum atomic E-state index is 0.292. The molecule has 0 amide bonds. The molecule has 1 unspecified atom stereocenters. The lowest BCUT2D eigenvalue weighted by Gasteiger charge is -2.31. The van der Waals surface area contributed by atoms with E-state index in [0.717, 1.165) is 37.5 Å². The Labute approximate surface area is 108 Å². The van der Waals surface area contributed by atoms with E-state index in [-0.39, 0.29) is 0 Å². The van der Waals surface area contributed by atoms with Crippen molar-refractivity contribution < 1.29 is 14.4 Å². The molecule has 5 heteroatoms. The fourth-order valence-electron chi connectivity index (χ4n) is 2.58. The van der Waals surface area contributed by atoms with Gasteiger partial charge < -0.3 is 14.4 Å². The molecule has 18 heavy (non-hydrogen) atoms. The van der Waals surface area contributed by atoms with Crippen molar-refractivity contribution in [2.24, 2.45) is 5.92 Å². The molecular formula is C13H22N2O3. The number of nitrogens with zero attached hydrogens (tertiary/aromatic N) is 2. The number of hydrogen-bond acceptors (Lipinski definition) is 5. The van der Waals surface area contributed by atoms with Gasteiger partial charge in [-0.15, -0.1) is 0 Å². The standard InChI is InChI=1S/C13H22N2O3/c1-17-10-13-7-12(14-18-13)9-15-5-2-3-11(8-15)4-6-16/h7,11,16H,2-6,8-10H2,1H3. The highest BCUT2D eigenvalue weighted by atomic mass is 16.5. The summed E-state index contributed by atoms with van der Waals surface area (Å²) in [6, 6.07) is 1.96. The second-order valence-electron chi connectivity index (χ2n) is 4.97. The molecule has 1 aromatic rings. The zero-order chi connectivity index (χ0) is 12.8. The molecule has 1 aromatic heterocycles. The molecule has 2 rings (SSSR count). The molecule has 0 radical (unpaired) electrons.